The predicted octanol–water partition coefficient (Wildman–Crippen LogP) is 2.46. The molecule has 0 bridgehead atoms. The zero-order chi connectivity index (χ0) is 11.1. The minimum absolute atomic E-state index is 0.126. The van der Waals surface area contributed by atoms with Crippen LogP contribution in [0.15, 0.2) is 18.2 Å². The molecule has 0 saturated carbocycles. The molecule has 1 atom stereocenters. The van der Waals surface area contributed by atoms with Crippen LogP contribution in [0.5, 0.6) is 5.75 Å². The molecular weight excluding hydrogens is 188 g/mol. The molecule has 2 rings (SSSR count). The first-order chi connectivity index (χ1) is 6.96. The van der Waals surface area contributed by atoms with Gasteiger partial charge in [0.05, 0.1) is 5.60 Å². The van der Waals surface area contributed by atoms with Crippen molar-refractivity contribution in [2.24, 2.45) is 0 Å². The minimum atomic E-state index is -0.652. The summed E-state index contributed by atoms with van der Waals surface area (Å²) in [6.45, 7) is 5.76. The fourth-order valence-corrected chi connectivity index (χ4v) is 2.17. The Balaban J connectivity index is 2.13. The van der Waals surface area contributed by atoms with Crippen LogP contribution in [0.3, 0.4) is 0 Å². The summed E-state index contributed by atoms with van der Waals surface area (Å²) in [6, 6.07) is 6.13. The first-order valence-corrected chi connectivity index (χ1v) is 5.43. The molecule has 15 heavy (non-hydrogen) atoms. The summed E-state index contributed by atoms with van der Waals surface area (Å²) in [5, 5.41) is 9.75. The predicted molar refractivity (Wildman–Crippen MR) is 60.2 cm³/mol. The Hall–Kier alpha value is -1.02. The number of benzene rings is 1. The van der Waals surface area contributed by atoms with Crippen LogP contribution in [0.2, 0.25) is 0 Å². The number of aryl methyl sites for hydroxylation is 1. The fourth-order valence-electron chi connectivity index (χ4n) is 2.17. The lowest BCUT2D eigenvalue weighted by molar-refractivity contribution is 0.0332. The van der Waals surface area contributed by atoms with Crippen molar-refractivity contribution in [3.8, 4) is 5.75 Å². The van der Waals surface area contributed by atoms with E-state index < -0.39 is 5.60 Å². The van der Waals surface area contributed by atoms with Gasteiger partial charge in [-0.25, -0.2) is 0 Å². The van der Waals surface area contributed by atoms with Crippen molar-refractivity contribution in [1.82, 2.24) is 0 Å². The quantitative estimate of drug-likeness (QED) is 0.805. The number of aliphatic hydroxyl groups is 1. The van der Waals surface area contributed by atoms with Crippen molar-refractivity contribution in [3.05, 3.63) is 29.3 Å². The lowest BCUT2D eigenvalue weighted by Crippen LogP contribution is -2.28. The molecule has 0 aliphatic carbocycles. The number of ether oxygens (including phenoxy) is 1. The molecule has 0 saturated heterocycles. The lowest BCUT2D eigenvalue weighted by atomic mass is 9.96. The molecule has 1 unspecified atom stereocenters. The SMILES string of the molecule is Cc1cccc2c1CC(CC(C)(C)O)O2. The van der Waals surface area contributed by atoms with E-state index in [-0.39, 0.29) is 6.10 Å². The number of rotatable bonds is 2. The smallest absolute Gasteiger partial charge is 0.123 e. The van der Waals surface area contributed by atoms with Crippen LogP contribution in [0, 0.1) is 6.92 Å². The summed E-state index contributed by atoms with van der Waals surface area (Å²) >= 11 is 0. The van der Waals surface area contributed by atoms with E-state index in [9.17, 15) is 5.11 Å². The van der Waals surface area contributed by atoms with Crippen LogP contribution in [0.25, 0.3) is 0 Å². The van der Waals surface area contributed by atoms with Crippen molar-refractivity contribution in [2.45, 2.75) is 45.3 Å². The second kappa shape index (κ2) is 3.53. The maximum atomic E-state index is 9.75. The minimum Gasteiger partial charge on any atom is -0.490 e. The van der Waals surface area contributed by atoms with E-state index >= 15 is 0 Å². The van der Waals surface area contributed by atoms with Crippen LogP contribution in [-0.2, 0) is 6.42 Å². The molecule has 2 heteroatoms. The van der Waals surface area contributed by atoms with E-state index in [1.165, 1.54) is 11.1 Å². The largest absolute Gasteiger partial charge is 0.490 e. The Labute approximate surface area is 90.9 Å². The van der Waals surface area contributed by atoms with Crippen molar-refractivity contribution >= 4 is 0 Å². The molecule has 0 fully saturated rings. The monoisotopic (exact) mass is 206 g/mol. The van der Waals surface area contributed by atoms with Crippen LogP contribution in [0.4, 0.5) is 0 Å². The second-order valence-corrected chi connectivity index (χ2v) is 5.01. The Bertz CT molecular complexity index is 363. The Morgan fingerprint density at radius 3 is 2.80 bits per heavy atom. The van der Waals surface area contributed by atoms with E-state index in [1.807, 2.05) is 26.0 Å². The van der Waals surface area contributed by atoms with Crippen molar-refractivity contribution < 1.29 is 9.84 Å². The molecule has 0 amide bonds. The third-order valence-electron chi connectivity index (χ3n) is 2.82. The maximum absolute atomic E-state index is 9.75. The molecular formula is C13H18O2. The van der Waals surface area contributed by atoms with Crippen LogP contribution in [0.1, 0.15) is 31.4 Å². The second-order valence-electron chi connectivity index (χ2n) is 5.01. The lowest BCUT2D eigenvalue weighted by Gasteiger charge is -2.21. The summed E-state index contributed by atoms with van der Waals surface area (Å²) < 4.78 is 5.80. The molecule has 0 radical (unpaired) electrons. The summed E-state index contributed by atoms with van der Waals surface area (Å²) in [7, 11) is 0. The zero-order valence-electron chi connectivity index (χ0n) is 9.58. The van der Waals surface area contributed by atoms with Crippen molar-refractivity contribution in [1.29, 1.82) is 0 Å². The normalized spacial score (nSPS) is 19.9. The van der Waals surface area contributed by atoms with Crippen molar-refractivity contribution in [2.75, 3.05) is 0 Å². The van der Waals surface area contributed by atoms with Crippen LogP contribution in [-0.4, -0.2) is 16.8 Å². The summed E-state index contributed by atoms with van der Waals surface area (Å²) in [4.78, 5) is 0. The molecule has 1 heterocycles. The van der Waals surface area contributed by atoms with E-state index in [1.54, 1.807) is 0 Å². The van der Waals surface area contributed by atoms with Gasteiger partial charge in [0, 0.05) is 18.4 Å². The van der Waals surface area contributed by atoms with E-state index in [4.69, 9.17) is 4.74 Å². The highest BCUT2D eigenvalue weighted by molar-refractivity contribution is 5.42. The summed E-state index contributed by atoms with van der Waals surface area (Å²) in [6.07, 6.45) is 1.73. The van der Waals surface area contributed by atoms with Gasteiger partial charge in [-0.1, -0.05) is 12.1 Å². The van der Waals surface area contributed by atoms with Gasteiger partial charge in [0.1, 0.15) is 11.9 Å². The van der Waals surface area contributed by atoms with Gasteiger partial charge >= 0.3 is 0 Å². The van der Waals surface area contributed by atoms with Gasteiger partial charge < -0.3 is 9.84 Å². The Morgan fingerprint density at radius 2 is 2.20 bits per heavy atom. The van der Waals surface area contributed by atoms with Crippen LogP contribution >= 0.6 is 0 Å². The highest BCUT2D eigenvalue weighted by atomic mass is 16.5. The van der Waals surface area contributed by atoms with Gasteiger partial charge in [-0.2, -0.15) is 0 Å². The highest BCUT2D eigenvalue weighted by Gasteiger charge is 2.28. The highest BCUT2D eigenvalue weighted by Crippen LogP contribution is 2.33. The zero-order valence-corrected chi connectivity index (χ0v) is 9.58. The molecule has 1 aromatic carbocycles. The molecule has 1 aliphatic heterocycles. The van der Waals surface area contributed by atoms with Gasteiger partial charge in [0.25, 0.3) is 0 Å². The fraction of sp³-hybridized carbons (Fsp3) is 0.538. The van der Waals surface area contributed by atoms with Gasteiger partial charge in [-0.3, -0.25) is 0 Å². The molecule has 82 valence electrons. The molecule has 2 nitrogen and oxygen atoms in total. The Morgan fingerprint density at radius 1 is 1.47 bits per heavy atom. The number of fused-ring (bicyclic) bond motifs is 1. The third kappa shape index (κ3) is 2.32. The summed E-state index contributed by atoms with van der Waals surface area (Å²) in [5.41, 5.74) is 1.93. The average Bonchev–Trinajstić information content (AvgIpc) is 2.45. The molecule has 1 N–H and O–H groups in total. The first-order valence-electron chi connectivity index (χ1n) is 5.43. The van der Waals surface area contributed by atoms with E-state index in [0.29, 0.717) is 6.42 Å². The van der Waals surface area contributed by atoms with Crippen LogP contribution < -0.4 is 4.74 Å². The standard InChI is InChI=1S/C13H18O2/c1-9-5-4-6-12-11(9)7-10(15-12)8-13(2,3)14/h4-6,10,14H,7-8H2,1-3H3. The number of hydrogen-bond donors (Lipinski definition) is 1. The van der Waals surface area contributed by atoms with Gasteiger partial charge in [0.2, 0.25) is 0 Å². The van der Waals surface area contributed by atoms with E-state index in [2.05, 4.69) is 13.0 Å². The van der Waals surface area contributed by atoms with Gasteiger partial charge in [-0.05, 0) is 32.4 Å². The average molecular weight is 206 g/mol. The summed E-state index contributed by atoms with van der Waals surface area (Å²) in [5.74, 6) is 0.990. The molecule has 0 aromatic heterocycles. The maximum Gasteiger partial charge on any atom is 0.123 e. The molecule has 0 spiro atoms. The molecule has 1 aromatic rings. The Kier molecular flexibility index (Phi) is 2.47. The number of hydrogen-bond acceptors (Lipinski definition) is 2. The van der Waals surface area contributed by atoms with E-state index in [0.717, 1.165) is 12.2 Å². The van der Waals surface area contributed by atoms with Crippen molar-refractivity contribution in [3.63, 3.8) is 0 Å². The topological polar surface area (TPSA) is 29.5 Å². The molecule has 1 aliphatic rings. The van der Waals surface area contributed by atoms with Gasteiger partial charge in [-0.15, -0.1) is 0 Å². The third-order valence-corrected chi connectivity index (χ3v) is 2.82. The first kappa shape index (κ1) is 10.5. The van der Waals surface area contributed by atoms with Gasteiger partial charge in [0.15, 0.2) is 0 Å².